The molecule has 4 aromatic rings. The van der Waals surface area contributed by atoms with Gasteiger partial charge >= 0.3 is 12.3 Å². The van der Waals surface area contributed by atoms with Crippen molar-refractivity contribution in [3.63, 3.8) is 0 Å². The summed E-state index contributed by atoms with van der Waals surface area (Å²) >= 11 is 0. The van der Waals surface area contributed by atoms with E-state index in [9.17, 15) is 41.2 Å². The van der Waals surface area contributed by atoms with E-state index in [-0.39, 0.29) is 40.6 Å². The van der Waals surface area contributed by atoms with E-state index in [0.717, 1.165) is 38.4 Å². The number of likely N-dealkylation sites (N-methyl/N-ethyl adjacent to an activating group) is 1. The maximum absolute atomic E-state index is 13.5. The molecule has 0 bridgehead atoms. The Labute approximate surface area is 282 Å². The van der Waals surface area contributed by atoms with E-state index < -0.39 is 58.0 Å². The quantitative estimate of drug-likeness (QED) is 0.0938. The number of halogens is 3. The van der Waals surface area contributed by atoms with Crippen LogP contribution in [0, 0.1) is 12.1 Å². The average Bonchev–Trinajstić information content (AvgIpc) is 3.64. The summed E-state index contributed by atoms with van der Waals surface area (Å²) in [5.41, 5.74) is 0.824. The Bertz CT molecular complexity index is 2020. The zero-order valence-corrected chi connectivity index (χ0v) is 27.1. The van der Waals surface area contributed by atoms with E-state index in [1.54, 1.807) is 48.0 Å². The first-order valence-electron chi connectivity index (χ1n) is 14.7. The summed E-state index contributed by atoms with van der Waals surface area (Å²) in [6, 6.07) is 18.4. The van der Waals surface area contributed by atoms with Crippen molar-refractivity contribution in [2.24, 2.45) is 5.28 Å². The van der Waals surface area contributed by atoms with E-state index >= 15 is 0 Å². The number of alkyl halides is 3. The first-order chi connectivity index (χ1) is 23.7. The van der Waals surface area contributed by atoms with Gasteiger partial charge in [-0.05, 0) is 56.3 Å². The molecule has 0 aliphatic carbocycles. The number of hydrogen-bond acceptors (Lipinski definition) is 10. The summed E-state index contributed by atoms with van der Waals surface area (Å²) in [5.74, 6) is -1.22. The highest BCUT2D eigenvalue weighted by Crippen LogP contribution is 2.33. The summed E-state index contributed by atoms with van der Waals surface area (Å²) in [6.07, 6.45) is -6.10. The van der Waals surface area contributed by atoms with Gasteiger partial charge in [0.15, 0.2) is 5.69 Å². The Hall–Kier alpha value is -5.98. The molecule has 19 heteroatoms. The number of hydrazine groups is 1. The van der Waals surface area contributed by atoms with Gasteiger partial charge in [0, 0.05) is 5.56 Å². The lowest BCUT2D eigenvalue weighted by atomic mass is 10.1. The van der Waals surface area contributed by atoms with Gasteiger partial charge < -0.3 is 14.8 Å². The fourth-order valence-electron chi connectivity index (χ4n) is 4.76. The highest BCUT2D eigenvalue weighted by molar-refractivity contribution is 7.90. The summed E-state index contributed by atoms with van der Waals surface area (Å²) in [6.45, 7) is 2.08. The number of aromatic nitrogens is 2. The lowest BCUT2D eigenvalue weighted by Gasteiger charge is -2.17. The Kier molecular flexibility index (Phi) is 10.1. The molecule has 0 saturated carbocycles. The van der Waals surface area contributed by atoms with Crippen molar-refractivity contribution >= 4 is 27.9 Å². The van der Waals surface area contributed by atoms with Gasteiger partial charge in [0.1, 0.15) is 13.2 Å². The third kappa shape index (κ3) is 7.67. The molecule has 0 atom stereocenters. The van der Waals surface area contributed by atoms with Crippen LogP contribution in [-0.2, 0) is 25.8 Å². The lowest BCUT2D eigenvalue weighted by molar-refractivity contribution is -0.711. The SMILES string of the molecule is CCN(CCOC(=O)NS(=O)(=O)c1ccc(-n2nc(C(F)(F)F)cc2-c2ccc(C)cc2)cc1)[N+]([O-])=NOCN1C(=O)c2ccccc2C1=O. The number of hydrogen-bond donors (Lipinski definition) is 1. The minimum atomic E-state index is -4.73. The molecule has 5 rings (SSSR count). The van der Waals surface area contributed by atoms with Crippen LogP contribution in [0.5, 0.6) is 0 Å². The van der Waals surface area contributed by atoms with Gasteiger partial charge in [-0.25, -0.2) is 27.5 Å². The molecule has 0 unspecified atom stereocenters. The standard InChI is InChI=1S/C31H28F3N7O8S/c1-3-38(41(45)37-49-19-39-28(42)24-6-4-5-7-25(24)29(39)43)16-17-48-30(44)36-50(46,47)23-14-12-22(13-15-23)40-26(18-27(35-40)31(32,33)34)21-10-8-20(2)9-11-21/h4-15,18H,3,16-17,19H2,1-2H3,(H,36,44). The monoisotopic (exact) mass is 715 g/mol. The zero-order chi connectivity index (χ0) is 36.2. The van der Waals surface area contributed by atoms with Crippen LogP contribution in [0.25, 0.3) is 16.9 Å². The third-order valence-corrected chi connectivity index (χ3v) is 8.67. The smallest absolute Gasteiger partial charge is 0.435 e. The van der Waals surface area contributed by atoms with Crippen molar-refractivity contribution in [2.45, 2.75) is 24.9 Å². The van der Waals surface area contributed by atoms with Crippen LogP contribution in [-0.4, -0.2) is 77.4 Å². The van der Waals surface area contributed by atoms with Crippen molar-refractivity contribution in [1.29, 1.82) is 0 Å². The van der Waals surface area contributed by atoms with Gasteiger partial charge in [-0.2, -0.15) is 18.3 Å². The van der Waals surface area contributed by atoms with Crippen molar-refractivity contribution in [3.8, 4) is 16.9 Å². The number of nitrogens with zero attached hydrogens (tertiary/aromatic N) is 6. The molecule has 0 radical (unpaired) electrons. The Balaban J connectivity index is 1.16. The fraction of sp³-hybridized carbons (Fsp3) is 0.226. The van der Waals surface area contributed by atoms with E-state index in [2.05, 4.69) is 10.4 Å². The molecule has 2 heterocycles. The number of nitrogens with one attached hydrogen (secondary N) is 1. The highest BCUT2D eigenvalue weighted by atomic mass is 32.2. The van der Waals surface area contributed by atoms with Crippen LogP contribution in [0.2, 0.25) is 0 Å². The predicted molar refractivity (Wildman–Crippen MR) is 167 cm³/mol. The number of carbonyl (C=O) groups excluding carboxylic acids is 3. The number of carbonyl (C=O) groups is 3. The first kappa shape index (κ1) is 35.3. The van der Waals surface area contributed by atoms with E-state index in [1.807, 2.05) is 6.92 Å². The predicted octanol–water partition coefficient (Wildman–Crippen LogP) is 4.67. The van der Waals surface area contributed by atoms with Crippen LogP contribution in [0.3, 0.4) is 0 Å². The minimum absolute atomic E-state index is 0.0131. The van der Waals surface area contributed by atoms with Crippen LogP contribution in [0.15, 0.2) is 89.0 Å². The Morgan fingerprint density at radius 1 is 1.02 bits per heavy atom. The molecule has 1 aliphatic heterocycles. The Morgan fingerprint density at radius 3 is 2.22 bits per heavy atom. The minimum Gasteiger partial charge on any atom is -0.569 e. The maximum atomic E-state index is 13.5. The number of benzene rings is 3. The van der Waals surface area contributed by atoms with Crippen LogP contribution < -0.4 is 4.72 Å². The number of fused-ring (bicyclic) bond motifs is 1. The number of rotatable bonds is 12. The molecule has 3 amide bonds. The summed E-state index contributed by atoms with van der Waals surface area (Å²) in [5, 5.41) is 20.4. The van der Waals surface area contributed by atoms with Gasteiger partial charge in [0.2, 0.25) is 12.0 Å². The van der Waals surface area contributed by atoms with Crippen molar-refractivity contribution in [2.75, 3.05) is 26.4 Å². The molecule has 0 saturated heterocycles. The summed E-state index contributed by atoms with van der Waals surface area (Å²) < 4.78 is 73.8. The number of aryl methyl sites for hydroxylation is 1. The second kappa shape index (κ2) is 14.2. The second-order valence-electron chi connectivity index (χ2n) is 10.6. The van der Waals surface area contributed by atoms with Crippen molar-refractivity contribution in [1.82, 2.24) is 24.4 Å². The van der Waals surface area contributed by atoms with Gasteiger partial charge in [-0.1, -0.05) is 42.0 Å². The third-order valence-electron chi connectivity index (χ3n) is 7.34. The maximum Gasteiger partial charge on any atom is 0.435 e. The largest absolute Gasteiger partial charge is 0.569 e. The lowest BCUT2D eigenvalue weighted by Crippen LogP contribution is -2.37. The van der Waals surface area contributed by atoms with E-state index in [4.69, 9.17) is 9.57 Å². The molecule has 262 valence electrons. The van der Waals surface area contributed by atoms with E-state index in [1.165, 1.54) is 24.3 Å². The molecule has 0 fully saturated rings. The molecule has 3 aromatic carbocycles. The second-order valence-corrected chi connectivity index (χ2v) is 12.3. The highest BCUT2D eigenvalue weighted by Gasteiger charge is 2.36. The Morgan fingerprint density at radius 2 is 1.64 bits per heavy atom. The van der Waals surface area contributed by atoms with Crippen LogP contribution in [0.1, 0.15) is 38.9 Å². The summed E-state index contributed by atoms with van der Waals surface area (Å²) in [4.78, 5) is 42.3. The van der Waals surface area contributed by atoms with Gasteiger partial charge in [-0.15, -0.1) is 5.01 Å². The molecule has 1 aromatic heterocycles. The fourth-order valence-corrected chi connectivity index (χ4v) is 5.65. The molecule has 1 aliphatic rings. The molecular formula is C31H28F3N7O8S. The number of sulfonamides is 1. The summed E-state index contributed by atoms with van der Waals surface area (Å²) in [7, 11) is -4.48. The average molecular weight is 716 g/mol. The van der Waals surface area contributed by atoms with Crippen molar-refractivity contribution < 1.29 is 50.5 Å². The topological polar surface area (TPSA) is 179 Å². The van der Waals surface area contributed by atoms with Crippen molar-refractivity contribution in [3.05, 3.63) is 106 Å². The molecule has 0 spiro atoms. The number of amides is 3. The number of imide groups is 1. The normalized spacial score (nSPS) is 13.3. The molecule has 15 nitrogen and oxygen atoms in total. The first-order valence-corrected chi connectivity index (χ1v) is 16.2. The van der Waals surface area contributed by atoms with Gasteiger partial charge in [0.25, 0.3) is 21.8 Å². The molecule has 1 N–H and O–H groups in total. The van der Waals surface area contributed by atoms with Gasteiger partial charge in [-0.3, -0.25) is 9.59 Å². The van der Waals surface area contributed by atoms with Gasteiger partial charge in [0.05, 0.1) is 38.9 Å². The number of ether oxygens (including phenoxy) is 1. The molecular weight excluding hydrogens is 687 g/mol. The van der Waals surface area contributed by atoms with Crippen LogP contribution in [0.4, 0.5) is 18.0 Å². The molecule has 50 heavy (non-hydrogen) atoms. The van der Waals surface area contributed by atoms with E-state index in [0.29, 0.717) is 5.56 Å². The van der Waals surface area contributed by atoms with Crippen LogP contribution >= 0.6 is 0 Å². The zero-order valence-electron chi connectivity index (χ0n) is 26.3.